The van der Waals surface area contributed by atoms with Crippen molar-refractivity contribution in [3.63, 3.8) is 0 Å². The fraction of sp³-hybridized carbons (Fsp3) is 1.00. The largest absolute Gasteiger partial charge is 0.416 e. The number of halogens is 1. The van der Waals surface area contributed by atoms with E-state index in [0.29, 0.717) is 0 Å². The maximum absolute atomic E-state index is 13.2. The number of hydrogen-bond donors (Lipinski definition) is 0. The van der Waals surface area contributed by atoms with Gasteiger partial charge in [0, 0.05) is 0 Å². The van der Waals surface area contributed by atoms with Crippen LogP contribution in [0.25, 0.3) is 0 Å². The molecule has 0 saturated carbocycles. The summed E-state index contributed by atoms with van der Waals surface area (Å²) in [6.07, 6.45) is -0.561. The van der Waals surface area contributed by atoms with E-state index in [0.717, 1.165) is 0 Å². The SMILES string of the molecule is C[Si]1(C)O[Si](C)(C)O[Si](C)(CF)O[Si](C)(C)O1. The Labute approximate surface area is 107 Å². The molecule has 0 spiro atoms. The van der Waals surface area contributed by atoms with E-state index in [-0.39, 0.29) is 0 Å². The fourth-order valence-electron chi connectivity index (χ4n) is 2.36. The Kier molecular flexibility index (Phi) is 4.28. The average Bonchev–Trinajstić information content (AvgIpc) is 1.93. The molecule has 102 valence electrons. The normalized spacial score (nSPS) is 30.4. The third-order valence-electron chi connectivity index (χ3n) is 2.15. The minimum absolute atomic E-state index is 0.561. The smallest absolute Gasteiger partial charge is 0.349 e. The molecule has 0 atom stereocenters. The minimum Gasteiger partial charge on any atom is -0.416 e. The molecular formula is C8H23FO4Si4. The Morgan fingerprint density at radius 3 is 1.24 bits per heavy atom. The van der Waals surface area contributed by atoms with Gasteiger partial charge in [-0.2, -0.15) is 0 Å². The summed E-state index contributed by atoms with van der Waals surface area (Å²) in [5.41, 5.74) is 0. The summed E-state index contributed by atoms with van der Waals surface area (Å²) in [5, 5.41) is 0. The van der Waals surface area contributed by atoms with Gasteiger partial charge in [0.05, 0.1) is 0 Å². The predicted molar refractivity (Wildman–Crippen MR) is 74.4 cm³/mol. The molecule has 1 aliphatic rings. The van der Waals surface area contributed by atoms with Crippen LogP contribution in [0.1, 0.15) is 0 Å². The lowest BCUT2D eigenvalue weighted by molar-refractivity contribution is 0.225. The van der Waals surface area contributed by atoms with Gasteiger partial charge < -0.3 is 16.5 Å². The molecule has 9 heteroatoms. The first-order valence-corrected chi connectivity index (χ1v) is 16.7. The highest BCUT2D eigenvalue weighted by Gasteiger charge is 2.52. The van der Waals surface area contributed by atoms with Gasteiger partial charge in [-0.3, -0.25) is 0 Å². The summed E-state index contributed by atoms with van der Waals surface area (Å²) in [4.78, 5) is 0. The first kappa shape index (κ1) is 15.7. The zero-order valence-electron chi connectivity index (χ0n) is 11.7. The van der Waals surface area contributed by atoms with Crippen LogP contribution in [0.2, 0.25) is 45.8 Å². The Morgan fingerprint density at radius 2 is 0.941 bits per heavy atom. The highest BCUT2D eigenvalue weighted by atomic mass is 28.5. The Hall–Kier alpha value is 0.638. The lowest BCUT2D eigenvalue weighted by Crippen LogP contribution is -2.65. The van der Waals surface area contributed by atoms with Crippen LogP contribution >= 0.6 is 0 Å². The Balaban J connectivity index is 3.02. The number of alkyl halides is 1. The van der Waals surface area contributed by atoms with E-state index in [2.05, 4.69) is 0 Å². The van der Waals surface area contributed by atoms with Gasteiger partial charge in [0.15, 0.2) is 0 Å². The van der Waals surface area contributed by atoms with Gasteiger partial charge in [0.25, 0.3) is 0 Å². The monoisotopic (exact) mass is 314 g/mol. The molecule has 0 N–H and O–H groups in total. The first-order chi connectivity index (χ1) is 7.39. The standard InChI is InChI=1S/C8H23FO4Si4/c1-14(2)10-15(3,4)12-17(7,8-9)13-16(5,6)11-14/h8H2,1-7H3. The summed E-state index contributed by atoms with van der Waals surface area (Å²) in [7, 11) is -9.79. The van der Waals surface area contributed by atoms with Crippen molar-refractivity contribution in [2.45, 2.75) is 45.8 Å². The van der Waals surface area contributed by atoms with Crippen molar-refractivity contribution in [1.29, 1.82) is 0 Å². The lowest BCUT2D eigenvalue weighted by Gasteiger charge is -2.46. The van der Waals surface area contributed by atoms with Crippen LogP contribution in [0, 0.1) is 0 Å². The minimum atomic E-state index is -2.80. The second-order valence-corrected chi connectivity index (χ2v) is 20.1. The molecular weight excluding hydrogens is 291 g/mol. The quantitative estimate of drug-likeness (QED) is 0.697. The summed E-state index contributed by atoms with van der Waals surface area (Å²) >= 11 is 0. The lowest BCUT2D eigenvalue weighted by atomic mass is 11.8. The Morgan fingerprint density at radius 1 is 0.647 bits per heavy atom. The topological polar surface area (TPSA) is 36.9 Å². The summed E-state index contributed by atoms with van der Waals surface area (Å²) in [6.45, 7) is 13.4. The summed E-state index contributed by atoms with van der Waals surface area (Å²) in [6, 6.07) is 0. The molecule has 1 rings (SSSR count). The zero-order chi connectivity index (χ0) is 13.5. The van der Waals surface area contributed by atoms with Gasteiger partial charge in [0.1, 0.15) is 6.30 Å². The van der Waals surface area contributed by atoms with Crippen LogP contribution in [0.4, 0.5) is 4.39 Å². The molecule has 0 unspecified atom stereocenters. The van der Waals surface area contributed by atoms with Crippen molar-refractivity contribution in [1.82, 2.24) is 0 Å². The van der Waals surface area contributed by atoms with E-state index in [9.17, 15) is 4.39 Å². The molecule has 1 heterocycles. The van der Waals surface area contributed by atoms with Crippen LogP contribution < -0.4 is 0 Å². The van der Waals surface area contributed by atoms with Crippen LogP contribution in [-0.4, -0.2) is 40.5 Å². The van der Waals surface area contributed by atoms with E-state index in [1.54, 1.807) is 6.55 Å². The van der Waals surface area contributed by atoms with Crippen molar-refractivity contribution in [3.05, 3.63) is 0 Å². The second-order valence-electron chi connectivity index (χ2n) is 5.88. The van der Waals surface area contributed by atoms with Crippen molar-refractivity contribution >= 4 is 34.2 Å². The molecule has 1 aliphatic heterocycles. The first-order valence-electron chi connectivity index (χ1n) is 5.75. The van der Waals surface area contributed by atoms with Crippen LogP contribution in [0.5, 0.6) is 0 Å². The predicted octanol–water partition coefficient (Wildman–Crippen LogP) is 2.75. The summed E-state index contributed by atoms with van der Waals surface area (Å²) < 4.78 is 37.2. The van der Waals surface area contributed by atoms with E-state index in [4.69, 9.17) is 16.5 Å². The van der Waals surface area contributed by atoms with Gasteiger partial charge in [-0.15, -0.1) is 0 Å². The van der Waals surface area contributed by atoms with E-state index in [1.165, 1.54) is 0 Å². The molecule has 0 radical (unpaired) electrons. The summed E-state index contributed by atoms with van der Waals surface area (Å²) in [5.74, 6) is 0. The van der Waals surface area contributed by atoms with Gasteiger partial charge in [-0.25, -0.2) is 4.39 Å². The van der Waals surface area contributed by atoms with Gasteiger partial charge in [-0.05, 0) is 45.8 Å². The second kappa shape index (κ2) is 4.63. The van der Waals surface area contributed by atoms with E-state index < -0.39 is 40.5 Å². The number of hydrogen-bond acceptors (Lipinski definition) is 4. The molecule has 0 aromatic heterocycles. The van der Waals surface area contributed by atoms with Crippen molar-refractivity contribution < 1.29 is 20.9 Å². The van der Waals surface area contributed by atoms with Gasteiger partial charge in [0.2, 0.25) is 0 Å². The molecule has 1 saturated heterocycles. The zero-order valence-corrected chi connectivity index (χ0v) is 15.7. The maximum Gasteiger partial charge on any atom is 0.349 e. The third kappa shape index (κ3) is 4.67. The molecule has 0 aliphatic carbocycles. The van der Waals surface area contributed by atoms with Gasteiger partial charge >= 0.3 is 34.2 Å². The van der Waals surface area contributed by atoms with Crippen LogP contribution in [-0.2, 0) is 16.5 Å². The van der Waals surface area contributed by atoms with Crippen molar-refractivity contribution in [2.24, 2.45) is 0 Å². The average molecular weight is 315 g/mol. The Bertz CT molecular complexity index is 275. The van der Waals surface area contributed by atoms with Crippen LogP contribution in [0.3, 0.4) is 0 Å². The highest BCUT2D eigenvalue weighted by Crippen LogP contribution is 2.30. The van der Waals surface area contributed by atoms with E-state index >= 15 is 0 Å². The number of rotatable bonds is 1. The molecule has 0 aromatic carbocycles. The molecule has 1 fully saturated rings. The fourth-order valence-corrected chi connectivity index (χ4v) is 22.8. The molecule has 17 heavy (non-hydrogen) atoms. The third-order valence-corrected chi connectivity index (χ3v) is 17.9. The maximum atomic E-state index is 13.2. The van der Waals surface area contributed by atoms with Crippen molar-refractivity contribution in [3.8, 4) is 0 Å². The molecule has 0 aromatic rings. The van der Waals surface area contributed by atoms with Gasteiger partial charge in [-0.1, -0.05) is 0 Å². The van der Waals surface area contributed by atoms with E-state index in [1.807, 2.05) is 39.3 Å². The molecule has 0 amide bonds. The molecule has 0 bridgehead atoms. The molecule has 4 nitrogen and oxygen atoms in total. The van der Waals surface area contributed by atoms with Crippen molar-refractivity contribution in [2.75, 3.05) is 6.30 Å². The highest BCUT2D eigenvalue weighted by molar-refractivity contribution is 6.92. The van der Waals surface area contributed by atoms with Crippen LogP contribution in [0.15, 0.2) is 0 Å².